The smallest absolute Gasteiger partial charge is 0.269 e. The number of nitrogens with one attached hydrogen (secondary N) is 2. The van der Waals surface area contributed by atoms with Gasteiger partial charge in [0.1, 0.15) is 17.3 Å². The molecule has 7 nitrogen and oxygen atoms in total. The lowest BCUT2D eigenvalue weighted by molar-refractivity contribution is 0.473. The van der Waals surface area contributed by atoms with Crippen molar-refractivity contribution in [3.05, 3.63) is 45.8 Å². The molecule has 0 radical (unpaired) electrons. The first-order valence-corrected chi connectivity index (χ1v) is 8.93. The van der Waals surface area contributed by atoms with Crippen molar-refractivity contribution in [2.75, 3.05) is 5.32 Å². The number of amidine groups is 2. The third-order valence-corrected chi connectivity index (χ3v) is 4.94. The molecule has 9 heteroatoms. The van der Waals surface area contributed by atoms with E-state index >= 15 is 0 Å². The molecule has 3 rings (SSSR count). The zero-order valence-electron chi connectivity index (χ0n) is 13.0. The summed E-state index contributed by atoms with van der Waals surface area (Å²) in [4.78, 5) is 0. The van der Waals surface area contributed by atoms with Gasteiger partial charge in [-0.2, -0.15) is 0 Å². The number of halogens is 1. The van der Waals surface area contributed by atoms with Crippen LogP contribution >= 0.6 is 15.9 Å². The van der Waals surface area contributed by atoms with Crippen LogP contribution in [0.2, 0.25) is 0 Å². The van der Waals surface area contributed by atoms with E-state index in [2.05, 4.69) is 35.4 Å². The summed E-state index contributed by atoms with van der Waals surface area (Å²) in [5.41, 5.74) is 1.15. The minimum Gasteiger partial charge on any atom is -0.505 e. The Morgan fingerprint density at radius 1 is 1.21 bits per heavy atom. The Morgan fingerprint density at radius 2 is 1.96 bits per heavy atom. The minimum atomic E-state index is -1.70. The lowest BCUT2D eigenvalue weighted by Gasteiger charge is -2.12. The summed E-state index contributed by atoms with van der Waals surface area (Å²) in [7, 11) is 0. The first kappa shape index (κ1) is 16.7. The summed E-state index contributed by atoms with van der Waals surface area (Å²) >= 11 is 1.66. The molecule has 1 unspecified atom stereocenters. The predicted octanol–water partition coefficient (Wildman–Crippen LogP) is 2.96. The summed E-state index contributed by atoms with van der Waals surface area (Å²) in [5.74, 6) is 2.28. The highest BCUT2D eigenvalue weighted by Gasteiger charge is 2.21. The second-order valence-electron chi connectivity index (χ2n) is 5.17. The van der Waals surface area contributed by atoms with Gasteiger partial charge in [0.15, 0.2) is 11.7 Å². The number of phenols is 1. The number of nitrogens with zero attached hydrogens (tertiary/aromatic N) is 2. The van der Waals surface area contributed by atoms with E-state index in [1.165, 1.54) is 0 Å². The van der Waals surface area contributed by atoms with Crippen LogP contribution in [0.15, 0.2) is 42.0 Å². The molecule has 1 aromatic heterocycles. The fourth-order valence-electron chi connectivity index (χ4n) is 2.12. The van der Waals surface area contributed by atoms with E-state index < -0.39 is 11.2 Å². The standard InChI is InChI=1S/C15H15BrN4O3S/c1-8-3-4-10(23-8)7-17-14-15(20-24(22)19-14)18-12-6-5-11(16)9(2)13(12)21/h3-6,21H,7H2,1-2H3,(H,17,19)(H,18,20). The molecule has 0 amide bonds. The molecule has 24 heavy (non-hydrogen) atoms. The van der Waals surface area contributed by atoms with Gasteiger partial charge >= 0.3 is 0 Å². The van der Waals surface area contributed by atoms with E-state index in [1.807, 2.05) is 19.1 Å². The topological polar surface area (TPSA) is 99.2 Å². The maximum absolute atomic E-state index is 11.6. The highest BCUT2D eigenvalue weighted by molar-refractivity contribution is 9.10. The normalized spacial score (nSPS) is 16.7. The summed E-state index contributed by atoms with van der Waals surface area (Å²) in [6, 6.07) is 7.22. The molecule has 0 spiro atoms. The van der Waals surface area contributed by atoms with Gasteiger partial charge in [-0.15, -0.1) is 8.80 Å². The molecule has 0 saturated heterocycles. The summed E-state index contributed by atoms with van der Waals surface area (Å²) in [6.45, 7) is 4.03. The molecule has 1 atom stereocenters. The number of aryl methyl sites for hydroxylation is 1. The summed E-state index contributed by atoms with van der Waals surface area (Å²) in [6.07, 6.45) is 0. The Hall–Kier alpha value is -2.13. The molecule has 1 aliphatic heterocycles. The lowest BCUT2D eigenvalue weighted by atomic mass is 10.2. The molecule has 0 aliphatic carbocycles. The van der Waals surface area contributed by atoms with Crippen LogP contribution in [0.1, 0.15) is 17.1 Å². The number of phenolic OH excluding ortho intramolecular Hbond substituents is 1. The lowest BCUT2D eigenvalue weighted by Crippen LogP contribution is -2.33. The van der Waals surface area contributed by atoms with Crippen LogP contribution in [0.3, 0.4) is 0 Å². The molecule has 2 aromatic rings. The molecule has 0 saturated carbocycles. The minimum absolute atomic E-state index is 0.0887. The average Bonchev–Trinajstić information content (AvgIpc) is 3.11. The third kappa shape index (κ3) is 3.51. The summed E-state index contributed by atoms with van der Waals surface area (Å²) in [5, 5.41) is 16.2. The van der Waals surface area contributed by atoms with Crippen LogP contribution in [-0.2, 0) is 17.7 Å². The van der Waals surface area contributed by atoms with E-state index in [-0.39, 0.29) is 5.75 Å². The average molecular weight is 411 g/mol. The second-order valence-corrected chi connectivity index (χ2v) is 6.85. The zero-order chi connectivity index (χ0) is 17.3. The Balaban J connectivity index is 1.75. The maximum atomic E-state index is 11.6. The van der Waals surface area contributed by atoms with Gasteiger partial charge in [-0.3, -0.25) is 0 Å². The highest BCUT2D eigenvalue weighted by Crippen LogP contribution is 2.32. The first-order chi connectivity index (χ1) is 11.4. The van der Waals surface area contributed by atoms with Crippen molar-refractivity contribution in [2.24, 2.45) is 8.80 Å². The third-order valence-electron chi connectivity index (χ3n) is 3.41. The van der Waals surface area contributed by atoms with E-state index in [0.29, 0.717) is 29.5 Å². The molecule has 126 valence electrons. The Bertz CT molecular complexity index is 876. The quantitative estimate of drug-likeness (QED) is 0.675. The zero-order valence-corrected chi connectivity index (χ0v) is 15.4. The largest absolute Gasteiger partial charge is 0.505 e. The van der Waals surface area contributed by atoms with Gasteiger partial charge in [0.2, 0.25) is 0 Å². The molecular weight excluding hydrogens is 396 g/mol. The monoisotopic (exact) mass is 410 g/mol. The Morgan fingerprint density at radius 3 is 2.67 bits per heavy atom. The number of hydrogen-bond acceptors (Lipinski definition) is 5. The van der Waals surface area contributed by atoms with Crippen molar-refractivity contribution in [1.29, 1.82) is 0 Å². The molecular formula is C15H15BrN4O3S. The van der Waals surface area contributed by atoms with Crippen LogP contribution in [0.25, 0.3) is 0 Å². The fourth-order valence-corrected chi connectivity index (χ4v) is 3.07. The van der Waals surface area contributed by atoms with Crippen molar-refractivity contribution in [1.82, 2.24) is 5.32 Å². The van der Waals surface area contributed by atoms with Crippen LogP contribution in [0.4, 0.5) is 5.69 Å². The molecule has 0 fully saturated rings. The van der Waals surface area contributed by atoms with Crippen LogP contribution in [0, 0.1) is 13.8 Å². The van der Waals surface area contributed by atoms with Crippen molar-refractivity contribution in [3.63, 3.8) is 0 Å². The predicted molar refractivity (Wildman–Crippen MR) is 97.5 cm³/mol. The van der Waals surface area contributed by atoms with Crippen molar-refractivity contribution >= 4 is 44.5 Å². The van der Waals surface area contributed by atoms with E-state index in [4.69, 9.17) is 4.42 Å². The van der Waals surface area contributed by atoms with Gasteiger partial charge < -0.3 is 20.2 Å². The number of hydrogen-bond donors (Lipinski definition) is 3. The van der Waals surface area contributed by atoms with Crippen molar-refractivity contribution in [3.8, 4) is 5.75 Å². The number of aromatic hydroxyl groups is 1. The molecule has 1 aliphatic rings. The van der Waals surface area contributed by atoms with Gasteiger partial charge in [0, 0.05) is 10.0 Å². The Kier molecular flexibility index (Phi) is 4.72. The van der Waals surface area contributed by atoms with Gasteiger partial charge in [0.25, 0.3) is 11.2 Å². The van der Waals surface area contributed by atoms with Crippen LogP contribution in [0.5, 0.6) is 5.75 Å². The summed E-state index contributed by atoms with van der Waals surface area (Å²) < 4.78 is 25.8. The molecule has 1 aromatic carbocycles. The molecule has 2 heterocycles. The SMILES string of the molecule is Cc1ccc(CNC2=NS(=O)N=C2Nc2ccc(Br)c(C)c2O)o1. The van der Waals surface area contributed by atoms with Gasteiger partial charge in [0.05, 0.1) is 12.2 Å². The number of furan rings is 1. The van der Waals surface area contributed by atoms with Crippen molar-refractivity contribution < 1.29 is 13.7 Å². The van der Waals surface area contributed by atoms with Gasteiger partial charge in [-0.25, -0.2) is 4.21 Å². The Labute approximate surface area is 149 Å². The highest BCUT2D eigenvalue weighted by atomic mass is 79.9. The van der Waals surface area contributed by atoms with Crippen LogP contribution in [-0.4, -0.2) is 21.0 Å². The van der Waals surface area contributed by atoms with Crippen LogP contribution < -0.4 is 10.6 Å². The fraction of sp³-hybridized carbons (Fsp3) is 0.200. The number of benzene rings is 1. The van der Waals surface area contributed by atoms with E-state index in [9.17, 15) is 9.32 Å². The molecule has 3 N–H and O–H groups in total. The van der Waals surface area contributed by atoms with Gasteiger partial charge in [-0.05, 0) is 38.1 Å². The first-order valence-electron chi connectivity index (χ1n) is 7.08. The van der Waals surface area contributed by atoms with E-state index in [0.717, 1.165) is 16.0 Å². The number of rotatable bonds is 3. The van der Waals surface area contributed by atoms with Crippen molar-refractivity contribution in [2.45, 2.75) is 20.4 Å². The second kappa shape index (κ2) is 6.78. The van der Waals surface area contributed by atoms with Gasteiger partial charge in [-0.1, -0.05) is 15.9 Å². The molecule has 0 bridgehead atoms. The van der Waals surface area contributed by atoms with E-state index in [1.54, 1.807) is 19.1 Å². The number of anilines is 1. The maximum Gasteiger partial charge on any atom is 0.269 e.